The zero-order chi connectivity index (χ0) is 21.5. The minimum absolute atomic E-state index is 0.147. The maximum Gasteiger partial charge on any atom is 0.253 e. The molecule has 0 radical (unpaired) electrons. The van der Waals surface area contributed by atoms with Gasteiger partial charge in [0.25, 0.3) is 5.91 Å². The minimum atomic E-state index is -0.148. The molecule has 158 valence electrons. The second-order valence-corrected chi connectivity index (χ2v) is 8.67. The van der Waals surface area contributed by atoms with Crippen LogP contribution in [0.1, 0.15) is 50.7 Å². The summed E-state index contributed by atoms with van der Waals surface area (Å²) in [5, 5.41) is 18.6. The van der Waals surface area contributed by atoms with E-state index < -0.39 is 0 Å². The van der Waals surface area contributed by atoms with Crippen LogP contribution in [0.15, 0.2) is 30.2 Å². The van der Waals surface area contributed by atoms with Crippen molar-refractivity contribution in [3.63, 3.8) is 0 Å². The van der Waals surface area contributed by atoms with Crippen molar-refractivity contribution in [3.8, 4) is 0 Å². The summed E-state index contributed by atoms with van der Waals surface area (Å²) in [6.07, 6.45) is 5.83. The third kappa shape index (κ3) is 3.52. The highest BCUT2D eigenvalue weighted by Crippen LogP contribution is 2.28. The van der Waals surface area contributed by atoms with Gasteiger partial charge in [-0.25, -0.2) is 4.98 Å². The summed E-state index contributed by atoms with van der Waals surface area (Å²) >= 11 is 1.53. The Hall–Kier alpha value is -3.40. The Morgan fingerprint density at radius 3 is 2.94 bits per heavy atom. The molecule has 10 heteroatoms. The molecule has 5 rings (SSSR count). The molecule has 0 saturated carbocycles. The Balaban J connectivity index is 1.40. The van der Waals surface area contributed by atoms with E-state index in [0.29, 0.717) is 12.1 Å². The lowest BCUT2D eigenvalue weighted by Gasteiger charge is -2.30. The number of carbonyl (C=O) groups excluding carboxylic acids is 1. The molecule has 1 atom stereocenters. The normalized spacial score (nSPS) is 14.5. The molecule has 0 bridgehead atoms. The number of rotatable bonds is 4. The third-order valence-corrected chi connectivity index (χ3v) is 6.70. The summed E-state index contributed by atoms with van der Waals surface area (Å²) in [6, 6.07) is 1.79. The number of aromatic nitrogens is 6. The van der Waals surface area contributed by atoms with Gasteiger partial charge in [-0.05, 0) is 32.4 Å². The summed E-state index contributed by atoms with van der Waals surface area (Å²) in [4.78, 5) is 23.9. The number of nitrogens with one attached hydrogen (secondary N) is 1. The van der Waals surface area contributed by atoms with Gasteiger partial charge in [-0.3, -0.25) is 9.78 Å². The SMILES string of the molecule is Cc1c(N2CCc3ncc(C(=O)NC(C)c4nccs4)cc3C2)nn2cnnc2c1C. The number of hydrogen-bond acceptors (Lipinski definition) is 8. The van der Waals surface area contributed by atoms with Crippen LogP contribution in [0.5, 0.6) is 0 Å². The summed E-state index contributed by atoms with van der Waals surface area (Å²) in [7, 11) is 0. The van der Waals surface area contributed by atoms with Crippen LogP contribution >= 0.6 is 11.3 Å². The van der Waals surface area contributed by atoms with Gasteiger partial charge in [0.1, 0.15) is 11.3 Å². The van der Waals surface area contributed by atoms with Crippen LogP contribution in [0.3, 0.4) is 0 Å². The van der Waals surface area contributed by atoms with Crippen LogP contribution in [0.2, 0.25) is 0 Å². The standard InChI is InChI=1S/C21H22N8OS/c1-12-13(2)19(27-29-11-24-26-18(12)29)28-6-4-17-16(10-28)8-15(9-23-17)20(30)25-14(3)21-22-5-7-31-21/h5,7-9,11,14H,4,6,10H2,1-3H3,(H,25,30). The fourth-order valence-electron chi connectivity index (χ4n) is 3.88. The second kappa shape index (κ2) is 7.69. The maximum absolute atomic E-state index is 12.8. The maximum atomic E-state index is 12.8. The van der Waals surface area contributed by atoms with E-state index in [-0.39, 0.29) is 11.9 Å². The van der Waals surface area contributed by atoms with E-state index in [0.717, 1.165) is 51.8 Å². The van der Waals surface area contributed by atoms with Crippen molar-refractivity contribution in [3.05, 3.63) is 63.1 Å². The molecular weight excluding hydrogens is 412 g/mol. The number of amides is 1. The average Bonchev–Trinajstić information content (AvgIpc) is 3.47. The largest absolute Gasteiger partial charge is 0.350 e. The minimum Gasteiger partial charge on any atom is -0.350 e. The number of pyridine rings is 1. The third-order valence-electron chi connectivity index (χ3n) is 5.74. The zero-order valence-electron chi connectivity index (χ0n) is 17.5. The monoisotopic (exact) mass is 434 g/mol. The molecule has 31 heavy (non-hydrogen) atoms. The lowest BCUT2D eigenvalue weighted by atomic mass is 10.0. The molecule has 4 aromatic rings. The first-order chi connectivity index (χ1) is 15.0. The van der Waals surface area contributed by atoms with Crippen molar-refractivity contribution in [1.29, 1.82) is 0 Å². The number of fused-ring (bicyclic) bond motifs is 2. The van der Waals surface area contributed by atoms with Crippen LogP contribution in [0.4, 0.5) is 5.82 Å². The average molecular weight is 435 g/mol. The zero-order valence-corrected chi connectivity index (χ0v) is 18.3. The van der Waals surface area contributed by atoms with E-state index in [1.165, 1.54) is 11.3 Å². The molecule has 1 aliphatic heterocycles. The lowest BCUT2D eigenvalue weighted by Crippen LogP contribution is -2.33. The Labute approximate surface area is 183 Å². The number of thiazole rings is 1. The van der Waals surface area contributed by atoms with Crippen molar-refractivity contribution in [2.75, 3.05) is 11.4 Å². The molecule has 4 aromatic heterocycles. The quantitative estimate of drug-likeness (QED) is 0.527. The molecule has 1 unspecified atom stereocenters. The van der Waals surface area contributed by atoms with Crippen molar-refractivity contribution >= 4 is 28.7 Å². The molecule has 1 amide bonds. The van der Waals surface area contributed by atoms with Gasteiger partial charge in [0, 0.05) is 54.1 Å². The van der Waals surface area contributed by atoms with E-state index in [9.17, 15) is 4.79 Å². The Morgan fingerprint density at radius 1 is 1.26 bits per heavy atom. The Kier molecular flexibility index (Phi) is 4.85. The van der Waals surface area contributed by atoms with Gasteiger partial charge >= 0.3 is 0 Å². The van der Waals surface area contributed by atoms with Crippen LogP contribution in [-0.4, -0.2) is 42.2 Å². The van der Waals surface area contributed by atoms with Gasteiger partial charge in [-0.2, -0.15) is 4.52 Å². The Morgan fingerprint density at radius 2 is 2.13 bits per heavy atom. The smallest absolute Gasteiger partial charge is 0.253 e. The van der Waals surface area contributed by atoms with Crippen molar-refractivity contribution in [2.45, 2.75) is 39.8 Å². The molecule has 0 aromatic carbocycles. The van der Waals surface area contributed by atoms with Gasteiger partial charge in [-0.15, -0.1) is 26.6 Å². The van der Waals surface area contributed by atoms with E-state index in [2.05, 4.69) is 37.3 Å². The molecule has 1 N–H and O–H groups in total. The first kappa shape index (κ1) is 19.6. The van der Waals surface area contributed by atoms with E-state index in [1.54, 1.807) is 23.2 Å². The molecule has 0 aliphatic carbocycles. The summed E-state index contributed by atoms with van der Waals surface area (Å²) < 4.78 is 1.72. The van der Waals surface area contributed by atoms with E-state index in [4.69, 9.17) is 5.10 Å². The van der Waals surface area contributed by atoms with Crippen molar-refractivity contribution in [1.82, 2.24) is 35.1 Å². The topological polar surface area (TPSA) is 101 Å². The molecule has 0 saturated heterocycles. The van der Waals surface area contributed by atoms with Crippen molar-refractivity contribution < 1.29 is 4.79 Å². The second-order valence-electron chi connectivity index (χ2n) is 7.74. The summed E-state index contributed by atoms with van der Waals surface area (Å²) in [6.45, 7) is 7.49. The number of nitrogens with zero attached hydrogens (tertiary/aromatic N) is 7. The van der Waals surface area contributed by atoms with Crippen LogP contribution < -0.4 is 10.2 Å². The highest BCUT2D eigenvalue weighted by molar-refractivity contribution is 7.09. The molecule has 0 spiro atoms. The van der Waals surface area contributed by atoms with Gasteiger partial charge in [0.2, 0.25) is 0 Å². The van der Waals surface area contributed by atoms with Gasteiger partial charge in [0.05, 0.1) is 11.6 Å². The van der Waals surface area contributed by atoms with Crippen LogP contribution in [0.25, 0.3) is 5.65 Å². The fraction of sp³-hybridized carbons (Fsp3) is 0.333. The highest BCUT2D eigenvalue weighted by Gasteiger charge is 2.24. The van der Waals surface area contributed by atoms with Gasteiger partial charge in [0.15, 0.2) is 11.5 Å². The van der Waals surface area contributed by atoms with Crippen LogP contribution in [-0.2, 0) is 13.0 Å². The number of anilines is 1. The summed E-state index contributed by atoms with van der Waals surface area (Å²) in [5.74, 6) is 0.758. The highest BCUT2D eigenvalue weighted by atomic mass is 32.1. The van der Waals surface area contributed by atoms with E-state index in [1.807, 2.05) is 25.3 Å². The van der Waals surface area contributed by atoms with Gasteiger partial charge < -0.3 is 10.2 Å². The first-order valence-corrected chi connectivity index (χ1v) is 11.0. The molecule has 0 fully saturated rings. The molecule has 1 aliphatic rings. The fourth-order valence-corrected chi connectivity index (χ4v) is 4.53. The molecular formula is C21H22N8OS. The predicted octanol–water partition coefficient (Wildman–Crippen LogP) is 2.65. The Bertz CT molecular complexity index is 1270. The van der Waals surface area contributed by atoms with Gasteiger partial charge in [-0.1, -0.05) is 0 Å². The van der Waals surface area contributed by atoms with Crippen LogP contribution in [0, 0.1) is 13.8 Å². The van der Waals surface area contributed by atoms with E-state index >= 15 is 0 Å². The predicted molar refractivity (Wildman–Crippen MR) is 117 cm³/mol. The number of carbonyl (C=O) groups is 1. The number of hydrogen-bond donors (Lipinski definition) is 1. The first-order valence-electron chi connectivity index (χ1n) is 10.1. The molecule has 9 nitrogen and oxygen atoms in total. The van der Waals surface area contributed by atoms with Crippen molar-refractivity contribution in [2.24, 2.45) is 0 Å². The lowest BCUT2D eigenvalue weighted by molar-refractivity contribution is 0.0939. The summed E-state index contributed by atoms with van der Waals surface area (Å²) in [5.41, 5.74) is 5.55. The number of aryl methyl sites for hydroxylation is 1. The molecule has 5 heterocycles.